The maximum Gasteiger partial charge on any atom is 0.129 e. The van der Waals surface area contributed by atoms with Gasteiger partial charge < -0.3 is 0 Å². The molecule has 19 heavy (non-hydrogen) atoms. The number of nitrogens with zero attached hydrogens (tertiary/aromatic N) is 3. The molecule has 94 valence electrons. The fourth-order valence-corrected chi connectivity index (χ4v) is 4.09. The van der Waals surface area contributed by atoms with Gasteiger partial charge in [0.1, 0.15) is 20.9 Å². The molecule has 0 aliphatic carbocycles. The Kier molecular flexibility index (Phi) is 5.29. The van der Waals surface area contributed by atoms with E-state index in [-0.39, 0.29) is 0 Å². The highest BCUT2D eigenvalue weighted by Gasteiger charge is 2.14. The number of hydrogen-bond acceptors (Lipinski definition) is 6. The third-order valence-corrected chi connectivity index (χ3v) is 5.35. The molecule has 0 radical (unpaired) electrons. The number of benzene rings is 1. The van der Waals surface area contributed by atoms with Gasteiger partial charge >= 0.3 is 0 Å². The van der Waals surface area contributed by atoms with Gasteiger partial charge in [0.2, 0.25) is 0 Å². The van der Waals surface area contributed by atoms with Crippen molar-refractivity contribution in [3.05, 3.63) is 41.5 Å². The zero-order valence-electron chi connectivity index (χ0n) is 9.87. The van der Waals surface area contributed by atoms with Crippen molar-refractivity contribution >= 4 is 35.1 Å². The Morgan fingerprint density at radius 1 is 1.16 bits per heavy atom. The Morgan fingerprint density at radius 3 is 2.63 bits per heavy atom. The summed E-state index contributed by atoms with van der Waals surface area (Å²) in [5, 5.41) is 18.5. The van der Waals surface area contributed by atoms with Crippen molar-refractivity contribution in [2.45, 2.75) is 15.0 Å². The average molecular weight is 303 g/mol. The standard InChI is InChI=1S/C13H9N3S3/c14-6-7-17-13-11(8-15)12(16-19-13)18-9-10-4-2-1-3-5-10/h1-5H,7,9H2. The van der Waals surface area contributed by atoms with Crippen LogP contribution in [0.15, 0.2) is 39.6 Å². The van der Waals surface area contributed by atoms with E-state index in [4.69, 9.17) is 5.26 Å². The third kappa shape index (κ3) is 3.74. The number of aromatic nitrogens is 1. The molecule has 1 aromatic heterocycles. The molecule has 2 aromatic rings. The molecule has 1 heterocycles. The number of hydrogen-bond donors (Lipinski definition) is 0. The van der Waals surface area contributed by atoms with Crippen molar-refractivity contribution in [2.24, 2.45) is 0 Å². The van der Waals surface area contributed by atoms with Crippen LogP contribution in [-0.4, -0.2) is 10.1 Å². The van der Waals surface area contributed by atoms with Gasteiger partial charge in [0, 0.05) is 5.75 Å². The summed E-state index contributed by atoms with van der Waals surface area (Å²) in [5.74, 6) is 1.14. The molecule has 0 bridgehead atoms. The molecule has 1 aromatic carbocycles. The molecule has 0 amide bonds. The first kappa shape index (κ1) is 14.0. The van der Waals surface area contributed by atoms with E-state index >= 15 is 0 Å². The van der Waals surface area contributed by atoms with Crippen LogP contribution in [0.2, 0.25) is 0 Å². The highest BCUT2D eigenvalue weighted by atomic mass is 32.2. The van der Waals surface area contributed by atoms with Crippen LogP contribution in [0.4, 0.5) is 0 Å². The second-order valence-corrected chi connectivity index (χ2v) is 6.46. The molecule has 0 saturated carbocycles. The molecule has 3 nitrogen and oxygen atoms in total. The van der Waals surface area contributed by atoms with Crippen LogP contribution in [0.3, 0.4) is 0 Å². The minimum Gasteiger partial charge on any atom is -0.197 e. The Hall–Kier alpha value is -1.47. The molecule has 0 fully saturated rings. The molecular weight excluding hydrogens is 294 g/mol. The average Bonchev–Trinajstić information content (AvgIpc) is 2.86. The second kappa shape index (κ2) is 7.20. The summed E-state index contributed by atoms with van der Waals surface area (Å²) in [4.78, 5) is 0. The maximum absolute atomic E-state index is 9.19. The molecular formula is C13H9N3S3. The first-order valence-corrected chi connectivity index (χ1v) is 8.16. The number of nitriles is 2. The minimum atomic E-state index is 0.347. The minimum absolute atomic E-state index is 0.347. The molecule has 0 aliphatic rings. The van der Waals surface area contributed by atoms with Gasteiger partial charge in [0.15, 0.2) is 0 Å². The van der Waals surface area contributed by atoms with Gasteiger partial charge in [-0.25, -0.2) is 0 Å². The fraction of sp³-hybridized carbons (Fsp3) is 0.154. The Labute approximate surface area is 124 Å². The van der Waals surface area contributed by atoms with Crippen molar-refractivity contribution in [1.82, 2.24) is 4.37 Å². The number of rotatable bonds is 5. The zero-order valence-corrected chi connectivity index (χ0v) is 12.3. The Balaban J connectivity index is 2.07. The van der Waals surface area contributed by atoms with E-state index in [1.807, 2.05) is 18.2 Å². The van der Waals surface area contributed by atoms with Gasteiger partial charge in [-0.15, -0.1) is 0 Å². The van der Waals surface area contributed by atoms with Crippen molar-refractivity contribution in [3.63, 3.8) is 0 Å². The molecule has 0 atom stereocenters. The monoisotopic (exact) mass is 303 g/mol. The summed E-state index contributed by atoms with van der Waals surface area (Å²) >= 11 is 4.23. The first-order valence-electron chi connectivity index (χ1n) is 5.41. The lowest BCUT2D eigenvalue weighted by molar-refractivity contribution is 1.22. The third-order valence-electron chi connectivity index (χ3n) is 2.23. The van der Waals surface area contributed by atoms with E-state index in [0.29, 0.717) is 11.3 Å². The van der Waals surface area contributed by atoms with Crippen molar-refractivity contribution in [3.8, 4) is 12.1 Å². The smallest absolute Gasteiger partial charge is 0.129 e. The number of thioether (sulfide) groups is 2. The van der Waals surface area contributed by atoms with E-state index < -0.39 is 0 Å². The normalized spacial score (nSPS) is 9.79. The Bertz CT molecular complexity index is 623. The van der Waals surface area contributed by atoms with E-state index in [0.717, 1.165) is 15.0 Å². The van der Waals surface area contributed by atoms with Gasteiger partial charge in [-0.3, -0.25) is 0 Å². The lowest BCUT2D eigenvalue weighted by Crippen LogP contribution is -1.82. The van der Waals surface area contributed by atoms with E-state index in [1.165, 1.54) is 28.9 Å². The second-order valence-electron chi connectivity index (χ2n) is 3.48. The van der Waals surface area contributed by atoms with Crippen LogP contribution >= 0.6 is 35.1 Å². The van der Waals surface area contributed by atoms with Crippen molar-refractivity contribution < 1.29 is 0 Å². The predicted octanol–water partition coefficient (Wildman–Crippen LogP) is 3.92. The van der Waals surface area contributed by atoms with Crippen LogP contribution in [0, 0.1) is 22.7 Å². The lowest BCUT2D eigenvalue weighted by Gasteiger charge is -1.99. The van der Waals surface area contributed by atoms with Crippen LogP contribution < -0.4 is 0 Å². The van der Waals surface area contributed by atoms with Gasteiger partial charge in [0.05, 0.1) is 11.8 Å². The molecule has 2 rings (SSSR count). The topological polar surface area (TPSA) is 60.5 Å². The van der Waals surface area contributed by atoms with Crippen LogP contribution in [0.25, 0.3) is 0 Å². The fourth-order valence-electron chi connectivity index (χ4n) is 1.38. The van der Waals surface area contributed by atoms with Crippen LogP contribution in [0.5, 0.6) is 0 Å². The highest BCUT2D eigenvalue weighted by molar-refractivity contribution is 8.01. The first-order chi connectivity index (χ1) is 9.35. The Morgan fingerprint density at radius 2 is 1.95 bits per heavy atom. The van der Waals surface area contributed by atoms with Gasteiger partial charge in [-0.2, -0.15) is 14.9 Å². The van der Waals surface area contributed by atoms with E-state index in [1.54, 1.807) is 11.8 Å². The predicted molar refractivity (Wildman–Crippen MR) is 79.2 cm³/mol. The summed E-state index contributed by atoms with van der Waals surface area (Å²) in [7, 11) is 0. The van der Waals surface area contributed by atoms with E-state index in [2.05, 4.69) is 28.6 Å². The summed E-state index contributed by atoms with van der Waals surface area (Å²) in [6, 6.07) is 14.3. The summed E-state index contributed by atoms with van der Waals surface area (Å²) in [6.07, 6.45) is 0. The molecule has 0 unspecified atom stereocenters. The van der Waals surface area contributed by atoms with Crippen molar-refractivity contribution in [2.75, 3.05) is 5.75 Å². The quantitative estimate of drug-likeness (QED) is 0.783. The van der Waals surface area contributed by atoms with Crippen LogP contribution in [0.1, 0.15) is 11.1 Å². The van der Waals surface area contributed by atoms with Crippen molar-refractivity contribution in [1.29, 1.82) is 10.5 Å². The summed E-state index contributed by atoms with van der Waals surface area (Å²) in [5.41, 5.74) is 1.81. The SMILES string of the molecule is N#CCSc1snc(SCc2ccccc2)c1C#N. The maximum atomic E-state index is 9.19. The molecule has 0 saturated heterocycles. The molecule has 0 N–H and O–H groups in total. The van der Waals surface area contributed by atoms with Gasteiger partial charge in [-0.1, -0.05) is 53.9 Å². The van der Waals surface area contributed by atoms with Crippen LogP contribution in [-0.2, 0) is 5.75 Å². The molecule has 0 aliphatic heterocycles. The largest absolute Gasteiger partial charge is 0.197 e. The summed E-state index contributed by atoms with van der Waals surface area (Å²) < 4.78 is 5.14. The molecule has 6 heteroatoms. The molecule has 0 spiro atoms. The summed E-state index contributed by atoms with van der Waals surface area (Å²) in [6.45, 7) is 0. The lowest BCUT2D eigenvalue weighted by atomic mass is 10.2. The van der Waals surface area contributed by atoms with Gasteiger partial charge in [0.25, 0.3) is 0 Å². The van der Waals surface area contributed by atoms with Gasteiger partial charge in [-0.05, 0) is 17.1 Å². The van der Waals surface area contributed by atoms with E-state index in [9.17, 15) is 5.26 Å². The zero-order chi connectivity index (χ0) is 13.5. The highest BCUT2D eigenvalue weighted by Crippen LogP contribution is 2.35.